The van der Waals surface area contributed by atoms with Crippen molar-refractivity contribution in [3.63, 3.8) is 0 Å². The van der Waals surface area contributed by atoms with E-state index in [0.29, 0.717) is 69.9 Å². The van der Waals surface area contributed by atoms with E-state index in [9.17, 15) is 14.3 Å². The lowest BCUT2D eigenvalue weighted by molar-refractivity contribution is -0.0252. The molecule has 6 aliphatic heterocycles. The molecule has 0 bridgehead atoms. The molecule has 10 rings (SSSR count). The van der Waals surface area contributed by atoms with Crippen LogP contribution in [-0.4, -0.2) is 111 Å². The second kappa shape index (κ2) is 12.8. The van der Waals surface area contributed by atoms with Crippen molar-refractivity contribution in [3.8, 4) is 11.8 Å². The zero-order valence-electron chi connectivity index (χ0n) is 30.8. The minimum atomic E-state index is -0.867. The number of hydrogen-bond acceptors (Lipinski definition) is 10. The summed E-state index contributed by atoms with van der Waals surface area (Å²) in [6.45, 7) is 10.1. The summed E-state index contributed by atoms with van der Waals surface area (Å²) in [4.78, 5) is 32.1. The van der Waals surface area contributed by atoms with E-state index in [1.54, 1.807) is 18.2 Å². The number of halogens is 2. The van der Waals surface area contributed by atoms with Gasteiger partial charge in [-0.2, -0.15) is 15.1 Å². The molecule has 0 radical (unpaired) electrons. The van der Waals surface area contributed by atoms with Crippen LogP contribution in [0.2, 0.25) is 0 Å². The molecule has 0 aliphatic carbocycles. The topological polar surface area (TPSA) is 115 Å². The van der Waals surface area contributed by atoms with Gasteiger partial charge in [0.15, 0.2) is 5.69 Å². The van der Waals surface area contributed by atoms with Crippen LogP contribution in [0.1, 0.15) is 65.6 Å². The minimum Gasteiger partial charge on any atom is -0.508 e. The fraction of sp³-hybridized carbons (Fsp3) is 0.550. The molecule has 4 aromatic rings. The summed E-state index contributed by atoms with van der Waals surface area (Å²) in [5, 5.41) is 20.5. The molecular formula is C40H47F2N9O3. The Hall–Kier alpha value is -4.56. The average Bonchev–Trinajstić information content (AvgIpc) is 3.75. The number of aromatic hydroxyl groups is 1. The number of carbonyl (C=O) groups is 1. The number of phenolic OH excluding ortho intramolecular Hbond substituents is 1. The first-order valence-corrected chi connectivity index (χ1v) is 19.6. The Morgan fingerprint density at radius 3 is 2.74 bits per heavy atom. The molecule has 4 fully saturated rings. The monoisotopic (exact) mass is 739 g/mol. The summed E-state index contributed by atoms with van der Waals surface area (Å²) < 4.78 is 38.3. The Morgan fingerprint density at radius 2 is 1.93 bits per heavy atom. The molecule has 1 amide bonds. The maximum atomic E-state index is 15.2. The van der Waals surface area contributed by atoms with Crippen molar-refractivity contribution in [2.75, 3.05) is 68.8 Å². The zero-order chi connectivity index (χ0) is 36.8. The van der Waals surface area contributed by atoms with Gasteiger partial charge in [-0.05, 0) is 67.8 Å². The maximum Gasteiger partial charge on any atom is 0.318 e. The van der Waals surface area contributed by atoms with Crippen molar-refractivity contribution in [1.29, 1.82) is 0 Å². The molecule has 2 aromatic heterocycles. The number of carbonyl (C=O) groups excluding carboxylic acids is 1. The van der Waals surface area contributed by atoms with Gasteiger partial charge >= 0.3 is 6.01 Å². The molecule has 2 aromatic carbocycles. The van der Waals surface area contributed by atoms with Crippen LogP contribution in [0.25, 0.3) is 10.8 Å². The summed E-state index contributed by atoms with van der Waals surface area (Å²) >= 11 is 0. The average molecular weight is 740 g/mol. The standard InChI is InChI=1S/C40H47F2N9O3/c1-2-29-31(42)6-5-25-13-28(52)15-34(35(25)29)47-12-7-30-33(19-47)44-38(54-24-40-8-3-10-50(40)17-26(41)16-40)45-36(30)48-9-4-11-51-27(18-48)14-32(46-51)37(53)49-22-39(23-49)20-43-21-39/h5-6,13-15,26,43,52H,2-4,7-12,16-24H2,1H3/t26-,40+/m1/s1. The third kappa shape index (κ3) is 5.58. The van der Waals surface area contributed by atoms with Crippen LogP contribution in [0.4, 0.5) is 20.3 Å². The number of rotatable bonds is 7. The van der Waals surface area contributed by atoms with Gasteiger partial charge in [-0.15, -0.1) is 0 Å². The van der Waals surface area contributed by atoms with Gasteiger partial charge in [0.1, 0.15) is 30.2 Å². The molecule has 1 spiro atoms. The van der Waals surface area contributed by atoms with Gasteiger partial charge in [0, 0.05) is 86.9 Å². The quantitative estimate of drug-likeness (QED) is 0.286. The molecule has 54 heavy (non-hydrogen) atoms. The number of fused-ring (bicyclic) bond motifs is 4. The number of ether oxygens (including phenoxy) is 1. The molecule has 14 heteroatoms. The van der Waals surface area contributed by atoms with Crippen molar-refractivity contribution in [2.24, 2.45) is 5.41 Å². The Bertz CT molecular complexity index is 2150. The highest BCUT2D eigenvalue weighted by Gasteiger charge is 2.50. The molecule has 0 unspecified atom stereocenters. The second-order valence-corrected chi connectivity index (χ2v) is 16.5. The number of likely N-dealkylation sites (tertiary alicyclic amines) is 1. The number of nitrogens with zero attached hydrogens (tertiary/aromatic N) is 8. The van der Waals surface area contributed by atoms with Crippen molar-refractivity contribution in [1.82, 2.24) is 34.9 Å². The lowest BCUT2D eigenvalue weighted by atomic mass is 9.74. The molecule has 284 valence electrons. The van der Waals surface area contributed by atoms with E-state index in [2.05, 4.69) is 20.0 Å². The molecule has 12 nitrogen and oxygen atoms in total. The number of amides is 1. The lowest BCUT2D eigenvalue weighted by Crippen LogP contribution is -2.71. The third-order valence-corrected chi connectivity index (χ3v) is 13.0. The Balaban J connectivity index is 0.985. The summed E-state index contributed by atoms with van der Waals surface area (Å²) in [7, 11) is 0. The van der Waals surface area contributed by atoms with Gasteiger partial charge in [0.05, 0.1) is 30.0 Å². The smallest absolute Gasteiger partial charge is 0.318 e. The fourth-order valence-electron chi connectivity index (χ4n) is 10.2. The minimum absolute atomic E-state index is 0.0109. The first-order chi connectivity index (χ1) is 26.2. The molecule has 2 N–H and O–H groups in total. The molecule has 0 saturated carbocycles. The number of alkyl halides is 1. The van der Waals surface area contributed by atoms with Crippen LogP contribution in [0.15, 0.2) is 30.3 Å². The fourth-order valence-corrected chi connectivity index (χ4v) is 10.2. The zero-order valence-corrected chi connectivity index (χ0v) is 30.8. The van der Waals surface area contributed by atoms with Gasteiger partial charge in [-0.3, -0.25) is 14.4 Å². The molecular weight excluding hydrogens is 692 g/mol. The van der Waals surface area contributed by atoms with Crippen molar-refractivity contribution in [3.05, 3.63) is 64.4 Å². The van der Waals surface area contributed by atoms with Crippen LogP contribution in [0.5, 0.6) is 11.8 Å². The van der Waals surface area contributed by atoms with E-state index < -0.39 is 6.17 Å². The van der Waals surface area contributed by atoms with Crippen LogP contribution >= 0.6 is 0 Å². The summed E-state index contributed by atoms with van der Waals surface area (Å²) in [6, 6.07) is 8.82. The van der Waals surface area contributed by atoms with Crippen molar-refractivity contribution >= 4 is 28.2 Å². The second-order valence-electron chi connectivity index (χ2n) is 16.5. The molecule has 6 aliphatic rings. The van der Waals surface area contributed by atoms with Gasteiger partial charge in [-0.1, -0.05) is 13.0 Å². The number of anilines is 2. The van der Waals surface area contributed by atoms with E-state index in [1.165, 1.54) is 6.07 Å². The highest BCUT2D eigenvalue weighted by Crippen LogP contribution is 2.42. The first kappa shape index (κ1) is 34.0. The summed E-state index contributed by atoms with van der Waals surface area (Å²) in [5.74, 6) is 0.659. The van der Waals surface area contributed by atoms with Crippen molar-refractivity contribution < 1.29 is 23.4 Å². The van der Waals surface area contributed by atoms with Crippen LogP contribution in [0.3, 0.4) is 0 Å². The number of hydrogen-bond donors (Lipinski definition) is 2. The Morgan fingerprint density at radius 1 is 1.06 bits per heavy atom. The van der Waals surface area contributed by atoms with E-state index >= 15 is 4.39 Å². The van der Waals surface area contributed by atoms with Gasteiger partial charge in [-0.25, -0.2) is 8.78 Å². The van der Waals surface area contributed by atoms with Gasteiger partial charge in [0.25, 0.3) is 5.91 Å². The highest BCUT2D eigenvalue weighted by atomic mass is 19.1. The van der Waals surface area contributed by atoms with Crippen molar-refractivity contribution in [2.45, 2.75) is 76.8 Å². The van der Waals surface area contributed by atoms with Crippen LogP contribution in [-0.2, 0) is 32.5 Å². The number of nitrogens with one attached hydrogen (secondary N) is 1. The maximum absolute atomic E-state index is 15.2. The molecule has 4 saturated heterocycles. The summed E-state index contributed by atoms with van der Waals surface area (Å²) in [5.41, 5.74) is 4.58. The van der Waals surface area contributed by atoms with Gasteiger partial charge in [0.2, 0.25) is 0 Å². The summed E-state index contributed by atoms with van der Waals surface area (Å²) in [6.07, 6.45) is 3.45. The number of aromatic nitrogens is 4. The van der Waals surface area contributed by atoms with E-state index in [1.807, 2.05) is 22.6 Å². The molecule has 8 heterocycles. The number of benzene rings is 2. The highest BCUT2D eigenvalue weighted by molar-refractivity contribution is 5.98. The third-order valence-electron chi connectivity index (χ3n) is 13.0. The SMILES string of the molecule is CCc1c(F)ccc2cc(O)cc(N3CCc4c(nc(OC[C@@]56CCCN5C[C@H](F)C6)nc4N4CCCn5nc(C(=O)N6CC7(CNC7)C6)cc5C4)C3)c12. The lowest BCUT2D eigenvalue weighted by Gasteiger charge is -2.55. The number of phenols is 1. The molecule has 2 atom stereocenters. The number of aryl methyl sites for hydroxylation is 2. The Labute approximate surface area is 313 Å². The predicted molar refractivity (Wildman–Crippen MR) is 199 cm³/mol. The predicted octanol–water partition coefficient (Wildman–Crippen LogP) is 4.21. The van der Waals surface area contributed by atoms with E-state index in [0.717, 1.165) is 97.8 Å². The van der Waals surface area contributed by atoms with Crippen LogP contribution < -0.4 is 19.9 Å². The normalized spacial score (nSPS) is 24.6. The van der Waals surface area contributed by atoms with Crippen LogP contribution in [0, 0.1) is 11.2 Å². The van der Waals surface area contributed by atoms with Gasteiger partial charge < -0.3 is 29.9 Å². The largest absolute Gasteiger partial charge is 0.508 e. The Kier molecular flexibility index (Phi) is 8.03. The van der Waals surface area contributed by atoms with E-state index in [4.69, 9.17) is 19.8 Å². The van der Waals surface area contributed by atoms with E-state index in [-0.39, 0.29) is 34.4 Å². The first-order valence-electron chi connectivity index (χ1n) is 19.6.